The van der Waals surface area contributed by atoms with Crippen molar-refractivity contribution in [1.82, 2.24) is 4.98 Å². The summed E-state index contributed by atoms with van der Waals surface area (Å²) in [5.41, 5.74) is 6.09. The lowest BCUT2D eigenvalue weighted by Crippen LogP contribution is -2.06. The number of aromatic nitrogens is 1. The number of rotatable bonds is 5. The van der Waals surface area contributed by atoms with E-state index in [1.54, 1.807) is 12.4 Å². The normalized spacial score (nSPS) is 11.1. The molecular weight excluding hydrogens is 342 g/mol. The quantitative estimate of drug-likeness (QED) is 0.434. The average Bonchev–Trinajstić information content (AvgIpc) is 2.74. The van der Waals surface area contributed by atoms with Gasteiger partial charge >= 0.3 is 0 Å². The molecule has 0 bridgehead atoms. The Hall–Kier alpha value is -2.94. The zero-order valence-corrected chi connectivity index (χ0v) is 18.5. The molecule has 1 heterocycles. The SMILES string of the molecule is C/C=C\C.C=C(Nc1cccc(C)c1)C(C)=N/C=C(\C)c1ccncc1.CC. The largest absolute Gasteiger partial charge is 0.355 e. The lowest BCUT2D eigenvalue weighted by atomic mass is 10.1. The van der Waals surface area contributed by atoms with Crippen molar-refractivity contribution in [3.8, 4) is 0 Å². The molecule has 3 nitrogen and oxygen atoms in total. The third-order valence-electron chi connectivity index (χ3n) is 3.67. The van der Waals surface area contributed by atoms with Gasteiger partial charge in [-0.2, -0.15) is 0 Å². The molecule has 1 aromatic heterocycles. The summed E-state index contributed by atoms with van der Waals surface area (Å²) in [5.74, 6) is 0. The number of allylic oxidation sites excluding steroid dienone is 4. The molecule has 0 aliphatic rings. The van der Waals surface area contributed by atoms with Crippen LogP contribution in [0.5, 0.6) is 0 Å². The van der Waals surface area contributed by atoms with Crippen LogP contribution in [0.15, 0.2) is 84.4 Å². The minimum Gasteiger partial charge on any atom is -0.355 e. The highest BCUT2D eigenvalue weighted by Gasteiger charge is 2.00. The molecule has 2 rings (SSSR count). The molecular formula is C25H35N3. The van der Waals surface area contributed by atoms with E-state index in [2.05, 4.69) is 40.9 Å². The zero-order valence-electron chi connectivity index (χ0n) is 18.5. The van der Waals surface area contributed by atoms with E-state index in [9.17, 15) is 0 Å². The Kier molecular flexibility index (Phi) is 13.6. The molecule has 2 aromatic rings. The van der Waals surface area contributed by atoms with Crippen molar-refractivity contribution in [3.05, 3.63) is 90.5 Å². The van der Waals surface area contributed by atoms with Gasteiger partial charge in [0.15, 0.2) is 0 Å². The van der Waals surface area contributed by atoms with Gasteiger partial charge in [-0.25, -0.2) is 0 Å². The Balaban J connectivity index is 0.00000108. The molecule has 0 aliphatic heterocycles. The Morgan fingerprint density at radius 1 is 1.04 bits per heavy atom. The fourth-order valence-corrected chi connectivity index (χ4v) is 1.95. The molecule has 0 atom stereocenters. The second-order valence-corrected chi connectivity index (χ2v) is 5.90. The molecule has 0 amide bonds. The molecule has 0 aliphatic carbocycles. The van der Waals surface area contributed by atoms with Gasteiger partial charge in [0.25, 0.3) is 0 Å². The van der Waals surface area contributed by atoms with Gasteiger partial charge in [0.05, 0.1) is 11.4 Å². The molecule has 0 saturated heterocycles. The molecule has 0 saturated carbocycles. The van der Waals surface area contributed by atoms with E-state index >= 15 is 0 Å². The van der Waals surface area contributed by atoms with Crippen molar-refractivity contribution in [2.75, 3.05) is 5.32 Å². The van der Waals surface area contributed by atoms with E-state index < -0.39 is 0 Å². The van der Waals surface area contributed by atoms with Gasteiger partial charge in [-0.15, -0.1) is 0 Å². The predicted molar refractivity (Wildman–Crippen MR) is 127 cm³/mol. The van der Waals surface area contributed by atoms with Crippen molar-refractivity contribution >= 4 is 17.0 Å². The lowest BCUT2D eigenvalue weighted by Gasteiger charge is -2.09. The Morgan fingerprint density at radius 3 is 2.18 bits per heavy atom. The molecule has 0 spiro atoms. The van der Waals surface area contributed by atoms with E-state index in [-0.39, 0.29) is 0 Å². The number of aliphatic imine (C=N–C) groups is 1. The lowest BCUT2D eigenvalue weighted by molar-refractivity contribution is 1.31. The summed E-state index contributed by atoms with van der Waals surface area (Å²) in [4.78, 5) is 8.51. The molecule has 28 heavy (non-hydrogen) atoms. The molecule has 1 aromatic carbocycles. The van der Waals surface area contributed by atoms with Crippen LogP contribution in [0.25, 0.3) is 5.57 Å². The monoisotopic (exact) mass is 377 g/mol. The number of anilines is 1. The Bertz CT molecular complexity index is 780. The first-order valence-electron chi connectivity index (χ1n) is 9.69. The van der Waals surface area contributed by atoms with E-state index in [4.69, 9.17) is 0 Å². The minimum atomic E-state index is 0.796. The first-order valence-corrected chi connectivity index (χ1v) is 9.69. The Morgan fingerprint density at radius 2 is 1.64 bits per heavy atom. The van der Waals surface area contributed by atoms with Gasteiger partial charge in [0.2, 0.25) is 0 Å². The number of nitrogens with zero attached hydrogens (tertiary/aromatic N) is 2. The average molecular weight is 378 g/mol. The van der Waals surface area contributed by atoms with Crippen LogP contribution in [0.4, 0.5) is 5.69 Å². The number of pyridine rings is 1. The van der Waals surface area contributed by atoms with Crippen LogP contribution >= 0.6 is 0 Å². The molecule has 0 unspecified atom stereocenters. The number of hydrogen-bond donors (Lipinski definition) is 1. The fourth-order valence-electron chi connectivity index (χ4n) is 1.95. The van der Waals surface area contributed by atoms with Gasteiger partial charge in [-0.3, -0.25) is 9.98 Å². The highest BCUT2D eigenvalue weighted by atomic mass is 14.9. The van der Waals surface area contributed by atoms with Crippen LogP contribution in [0.3, 0.4) is 0 Å². The third-order valence-corrected chi connectivity index (χ3v) is 3.67. The van der Waals surface area contributed by atoms with Gasteiger partial charge in [-0.1, -0.05) is 44.7 Å². The fraction of sp³-hybridized carbons (Fsp3) is 0.280. The van der Waals surface area contributed by atoms with E-state index in [1.165, 1.54) is 5.56 Å². The van der Waals surface area contributed by atoms with Crippen LogP contribution < -0.4 is 5.32 Å². The zero-order chi connectivity index (χ0) is 21.4. The van der Waals surface area contributed by atoms with Gasteiger partial charge < -0.3 is 5.32 Å². The highest BCUT2D eigenvalue weighted by Crippen LogP contribution is 2.14. The number of aryl methyl sites for hydroxylation is 1. The van der Waals surface area contributed by atoms with Gasteiger partial charge in [0, 0.05) is 24.3 Å². The summed E-state index contributed by atoms with van der Waals surface area (Å²) in [5, 5.41) is 3.28. The molecule has 150 valence electrons. The predicted octanol–water partition coefficient (Wildman–Crippen LogP) is 7.45. The van der Waals surface area contributed by atoms with Crippen molar-refractivity contribution in [3.63, 3.8) is 0 Å². The maximum atomic E-state index is 4.49. The molecule has 3 heteroatoms. The second-order valence-electron chi connectivity index (χ2n) is 5.90. The number of nitrogens with one attached hydrogen (secondary N) is 1. The number of benzene rings is 1. The maximum Gasteiger partial charge on any atom is 0.0601 e. The van der Waals surface area contributed by atoms with Crippen LogP contribution in [-0.2, 0) is 0 Å². The van der Waals surface area contributed by atoms with Crippen LogP contribution in [0.2, 0.25) is 0 Å². The highest BCUT2D eigenvalue weighted by molar-refractivity contribution is 6.00. The Labute approximate surface area is 171 Å². The van der Waals surface area contributed by atoms with E-state index in [1.807, 2.05) is 84.2 Å². The summed E-state index contributed by atoms with van der Waals surface area (Å²) in [6, 6.07) is 12.1. The second kappa shape index (κ2) is 15.2. The van der Waals surface area contributed by atoms with E-state index in [0.717, 1.165) is 28.2 Å². The summed E-state index contributed by atoms with van der Waals surface area (Å²) < 4.78 is 0. The van der Waals surface area contributed by atoms with Crippen molar-refractivity contribution < 1.29 is 0 Å². The van der Waals surface area contributed by atoms with Gasteiger partial charge in [-0.05, 0) is 75.6 Å². The molecule has 0 fully saturated rings. The first-order chi connectivity index (χ1) is 13.5. The first kappa shape index (κ1) is 25.1. The maximum absolute atomic E-state index is 4.49. The molecule has 1 N–H and O–H groups in total. The van der Waals surface area contributed by atoms with Crippen LogP contribution in [0.1, 0.15) is 52.7 Å². The summed E-state index contributed by atoms with van der Waals surface area (Å²) >= 11 is 0. The minimum absolute atomic E-state index is 0.796. The van der Waals surface area contributed by atoms with Crippen LogP contribution in [-0.4, -0.2) is 10.7 Å². The topological polar surface area (TPSA) is 37.3 Å². The van der Waals surface area contributed by atoms with E-state index in [0.29, 0.717) is 0 Å². The summed E-state index contributed by atoms with van der Waals surface area (Å²) in [6.07, 6.45) is 9.41. The molecule has 0 radical (unpaired) electrons. The summed E-state index contributed by atoms with van der Waals surface area (Å²) in [7, 11) is 0. The summed E-state index contributed by atoms with van der Waals surface area (Å²) in [6.45, 7) is 18.1. The third kappa shape index (κ3) is 10.3. The van der Waals surface area contributed by atoms with Crippen molar-refractivity contribution in [2.24, 2.45) is 4.99 Å². The van der Waals surface area contributed by atoms with Gasteiger partial charge in [0.1, 0.15) is 0 Å². The smallest absolute Gasteiger partial charge is 0.0601 e. The standard InChI is InChI=1S/C19H21N3.C4H8.C2H6/c1-14-6-5-7-19(12-14)22-17(4)16(3)21-13-15(2)18-8-10-20-11-9-18;1-3-4-2;1-2/h5-13,22H,4H2,1-3H3;3-4H,1-2H3;1-2H3/b15-13+,21-16?;4-3-;. The van der Waals surface area contributed by atoms with Crippen molar-refractivity contribution in [1.29, 1.82) is 0 Å². The number of hydrogen-bond acceptors (Lipinski definition) is 3. The van der Waals surface area contributed by atoms with Crippen molar-refractivity contribution in [2.45, 2.75) is 48.5 Å². The van der Waals surface area contributed by atoms with Crippen LogP contribution in [0, 0.1) is 6.92 Å².